The van der Waals surface area contributed by atoms with Gasteiger partial charge >= 0.3 is 0 Å². The highest BCUT2D eigenvalue weighted by molar-refractivity contribution is 9.13. The molecule has 2 heterocycles. The molecule has 11 heteroatoms. The largest absolute Gasteiger partial charge is 0.490 e. The maximum Gasteiger partial charge on any atom is 0.282 e. The third-order valence-corrected chi connectivity index (χ3v) is 9.30. The molecule has 0 fully saturated rings. The smallest absolute Gasteiger partial charge is 0.282 e. The second-order valence-corrected chi connectivity index (χ2v) is 11.8. The van der Waals surface area contributed by atoms with E-state index in [0.29, 0.717) is 64.9 Å². The molecule has 0 spiro atoms. The van der Waals surface area contributed by atoms with E-state index in [4.69, 9.17) is 42.1 Å². The van der Waals surface area contributed by atoms with Gasteiger partial charge in [0.25, 0.3) is 5.56 Å². The van der Waals surface area contributed by atoms with Gasteiger partial charge in [0.1, 0.15) is 12.2 Å². The number of furan rings is 1. The van der Waals surface area contributed by atoms with Gasteiger partial charge in [-0.15, -0.1) is 0 Å². The molecule has 0 unspecified atom stereocenters. The van der Waals surface area contributed by atoms with Gasteiger partial charge in [-0.25, -0.2) is 4.98 Å². The van der Waals surface area contributed by atoms with Crippen LogP contribution >= 0.6 is 55.1 Å². The lowest BCUT2D eigenvalue weighted by molar-refractivity contribution is 0.267. The van der Waals surface area contributed by atoms with E-state index in [1.165, 1.54) is 4.68 Å². The van der Waals surface area contributed by atoms with Gasteiger partial charge < -0.3 is 13.9 Å². The van der Waals surface area contributed by atoms with Crippen LogP contribution in [0.5, 0.6) is 11.5 Å². The van der Waals surface area contributed by atoms with Crippen LogP contribution in [0.25, 0.3) is 33.5 Å². The van der Waals surface area contributed by atoms with E-state index in [9.17, 15) is 4.79 Å². The van der Waals surface area contributed by atoms with Crippen LogP contribution in [-0.4, -0.2) is 22.5 Å². The van der Waals surface area contributed by atoms with Crippen LogP contribution in [0.1, 0.15) is 18.1 Å². The van der Waals surface area contributed by atoms with E-state index in [1.807, 2.05) is 37.3 Å². The maximum atomic E-state index is 13.7. The normalized spacial score (nSPS) is 11.6. The summed E-state index contributed by atoms with van der Waals surface area (Å²) < 4.78 is 20.6. The van der Waals surface area contributed by atoms with Crippen LogP contribution < -0.4 is 15.0 Å². The molecule has 6 aromatic rings. The number of hydrogen-bond acceptors (Lipinski definition) is 6. The van der Waals surface area contributed by atoms with Crippen molar-refractivity contribution in [1.82, 2.24) is 9.66 Å². The fourth-order valence-electron chi connectivity index (χ4n) is 4.50. The van der Waals surface area contributed by atoms with E-state index < -0.39 is 0 Å². The first-order valence-electron chi connectivity index (χ1n) is 13.1. The molecule has 0 aliphatic heterocycles. The molecular formula is C32H21Br2Cl2N3O4. The molecule has 0 bridgehead atoms. The summed E-state index contributed by atoms with van der Waals surface area (Å²) >= 11 is 19.8. The Kier molecular flexibility index (Phi) is 8.59. The Morgan fingerprint density at radius 1 is 0.977 bits per heavy atom. The summed E-state index contributed by atoms with van der Waals surface area (Å²) in [5.41, 5.74) is 2.25. The first-order valence-corrected chi connectivity index (χ1v) is 15.4. The molecule has 2 aromatic heterocycles. The minimum atomic E-state index is -0.352. The van der Waals surface area contributed by atoms with Gasteiger partial charge in [-0.2, -0.15) is 9.78 Å². The summed E-state index contributed by atoms with van der Waals surface area (Å²) in [5, 5.41) is 6.97. The molecule has 6 rings (SSSR count). The molecule has 43 heavy (non-hydrogen) atoms. The first kappa shape index (κ1) is 29.4. The standard InChI is InChI=1S/C32H21Br2Cl2N3O4/c1-2-41-26-15-20(28(33)29(34)30(26)42-17-18-7-3-5-9-23(18)36)16-37-39-31(38-24-10-6-4-8-22(24)32(39)40)27-14-19-13-21(35)11-12-25(19)43-27/h3-16H,2,17H2,1H3. The first-order chi connectivity index (χ1) is 20.8. The molecule has 0 saturated carbocycles. The van der Waals surface area contributed by atoms with E-state index in [2.05, 4.69) is 37.0 Å². The zero-order valence-electron chi connectivity index (χ0n) is 22.5. The summed E-state index contributed by atoms with van der Waals surface area (Å²) in [4.78, 5) is 18.4. The Morgan fingerprint density at radius 3 is 2.58 bits per heavy atom. The predicted molar refractivity (Wildman–Crippen MR) is 178 cm³/mol. The van der Waals surface area contributed by atoms with Gasteiger partial charge in [-0.1, -0.05) is 53.5 Å². The van der Waals surface area contributed by atoms with Crippen LogP contribution in [0.15, 0.2) is 102 Å². The highest BCUT2D eigenvalue weighted by atomic mass is 79.9. The molecule has 0 radical (unpaired) electrons. The van der Waals surface area contributed by atoms with Gasteiger partial charge in [0.05, 0.1) is 28.2 Å². The van der Waals surface area contributed by atoms with Crippen LogP contribution in [0.2, 0.25) is 10.0 Å². The van der Waals surface area contributed by atoms with Crippen molar-refractivity contribution in [2.75, 3.05) is 6.61 Å². The summed E-state index contributed by atoms with van der Waals surface area (Å²) in [6, 6.07) is 23.4. The molecule has 0 saturated heterocycles. The molecule has 0 N–H and O–H groups in total. The maximum absolute atomic E-state index is 13.7. The summed E-state index contributed by atoms with van der Waals surface area (Å²) in [5.74, 6) is 1.60. The molecule has 0 aliphatic rings. The zero-order valence-corrected chi connectivity index (χ0v) is 27.2. The number of rotatable bonds is 8. The van der Waals surface area contributed by atoms with E-state index in [0.717, 1.165) is 10.9 Å². The fraction of sp³-hybridized carbons (Fsp3) is 0.0938. The molecule has 0 amide bonds. The highest BCUT2D eigenvalue weighted by Crippen LogP contribution is 2.43. The van der Waals surface area contributed by atoms with E-state index in [1.54, 1.807) is 54.7 Å². The Morgan fingerprint density at radius 2 is 1.77 bits per heavy atom. The van der Waals surface area contributed by atoms with E-state index in [-0.39, 0.29) is 18.0 Å². The molecule has 4 aromatic carbocycles. The number of halogens is 4. The Hall–Kier alpha value is -3.63. The zero-order chi connectivity index (χ0) is 30.1. The lowest BCUT2D eigenvalue weighted by Crippen LogP contribution is -2.20. The van der Waals surface area contributed by atoms with Crippen molar-refractivity contribution in [2.24, 2.45) is 5.10 Å². The van der Waals surface area contributed by atoms with Crippen molar-refractivity contribution >= 4 is 83.1 Å². The minimum absolute atomic E-state index is 0.239. The number of aromatic nitrogens is 2. The summed E-state index contributed by atoms with van der Waals surface area (Å²) in [6.45, 7) is 2.53. The van der Waals surface area contributed by atoms with Gasteiger partial charge in [-0.3, -0.25) is 4.79 Å². The topological polar surface area (TPSA) is 78.9 Å². The monoisotopic (exact) mass is 739 g/mol. The number of fused-ring (bicyclic) bond motifs is 2. The highest BCUT2D eigenvalue weighted by Gasteiger charge is 2.20. The Labute approximate surface area is 272 Å². The van der Waals surface area contributed by atoms with Crippen LogP contribution in [-0.2, 0) is 6.61 Å². The lowest BCUT2D eigenvalue weighted by atomic mass is 10.2. The van der Waals surface area contributed by atoms with Crippen LogP contribution in [0, 0.1) is 0 Å². The SMILES string of the molecule is CCOc1cc(C=Nn2c(-c3cc4cc(Cl)ccc4o3)nc3ccccc3c2=O)c(Br)c(Br)c1OCc1ccccc1Cl. The molecule has 7 nitrogen and oxygen atoms in total. The predicted octanol–water partition coefficient (Wildman–Crippen LogP) is 9.50. The van der Waals surface area contributed by atoms with Crippen LogP contribution in [0.4, 0.5) is 0 Å². The van der Waals surface area contributed by atoms with Crippen LogP contribution in [0.3, 0.4) is 0 Å². The average molecular weight is 742 g/mol. The second kappa shape index (κ2) is 12.5. The number of ether oxygens (including phenoxy) is 2. The number of hydrogen-bond donors (Lipinski definition) is 0. The van der Waals surface area contributed by atoms with Gasteiger partial charge in [0.2, 0.25) is 5.82 Å². The van der Waals surface area contributed by atoms with Gasteiger partial charge in [0.15, 0.2) is 17.3 Å². The van der Waals surface area contributed by atoms with Crippen molar-refractivity contribution in [1.29, 1.82) is 0 Å². The number of para-hydroxylation sites is 1. The molecular weight excluding hydrogens is 721 g/mol. The minimum Gasteiger partial charge on any atom is -0.490 e. The summed E-state index contributed by atoms with van der Waals surface area (Å²) in [7, 11) is 0. The van der Waals surface area contributed by atoms with Gasteiger partial charge in [-0.05, 0) is 87.3 Å². The van der Waals surface area contributed by atoms with Gasteiger partial charge in [0, 0.05) is 31.0 Å². The van der Waals surface area contributed by atoms with E-state index >= 15 is 0 Å². The average Bonchev–Trinajstić information content (AvgIpc) is 3.42. The Bertz CT molecular complexity index is 2090. The Balaban J connectivity index is 1.44. The molecule has 0 aliphatic carbocycles. The van der Waals surface area contributed by atoms with Crippen molar-refractivity contribution in [3.63, 3.8) is 0 Å². The van der Waals surface area contributed by atoms with Crippen molar-refractivity contribution in [2.45, 2.75) is 13.5 Å². The fourth-order valence-corrected chi connectivity index (χ4v) is 5.80. The lowest BCUT2D eigenvalue weighted by Gasteiger charge is -2.17. The second-order valence-electron chi connectivity index (χ2n) is 9.34. The molecule has 0 atom stereocenters. The van der Waals surface area contributed by atoms with Crippen molar-refractivity contribution < 1.29 is 13.9 Å². The van der Waals surface area contributed by atoms with Crippen molar-refractivity contribution in [3.8, 4) is 23.1 Å². The molecule has 216 valence electrons. The van der Waals surface area contributed by atoms with Crippen molar-refractivity contribution in [3.05, 3.63) is 119 Å². The third kappa shape index (κ3) is 5.95. The number of benzene rings is 4. The quantitative estimate of drug-likeness (QED) is 0.145. The number of nitrogens with zero attached hydrogens (tertiary/aromatic N) is 3. The third-order valence-electron chi connectivity index (χ3n) is 6.55. The summed E-state index contributed by atoms with van der Waals surface area (Å²) in [6.07, 6.45) is 1.55.